The van der Waals surface area contributed by atoms with Crippen molar-refractivity contribution in [1.82, 2.24) is 4.31 Å². The molecule has 0 amide bonds. The molecule has 10 atom stereocenters. The minimum atomic E-state index is -3.27. The first-order chi connectivity index (χ1) is 16.9. The van der Waals surface area contributed by atoms with Crippen LogP contribution in [0.3, 0.4) is 0 Å². The third-order valence-electron chi connectivity index (χ3n) is 13.5. The Kier molecular flexibility index (Phi) is 5.31. The molecule has 7 fully saturated rings. The Balaban J connectivity index is 1.10. The van der Waals surface area contributed by atoms with Crippen molar-refractivity contribution in [2.24, 2.45) is 45.3 Å². The van der Waals surface area contributed by atoms with Gasteiger partial charge in [0.2, 0.25) is 10.0 Å². The third kappa shape index (κ3) is 3.13. The molecule has 2 aliphatic heterocycles. The molecule has 7 rings (SSSR count). The van der Waals surface area contributed by atoms with Gasteiger partial charge in [-0.3, -0.25) is 0 Å². The highest BCUT2D eigenvalue weighted by atomic mass is 32.2. The standard InChI is InChI=1S/C29H47NO5S/c1-26(2)24-8-7-20-22-13-23-21(6-5-19(35-23)14-30(36(4,32)33)18-15-34-16-18)27(22,3)11-12-28(20)17-29(24,28)10-9-25(26)31/h18-25,31H,5-17H2,1-4H3/t19?,20?,21?,22?,23?,24?,25-,27?,28?,29?/m0/s1. The topological polar surface area (TPSA) is 76.1 Å². The maximum Gasteiger partial charge on any atom is 0.211 e. The molecule has 0 aromatic carbocycles. The summed E-state index contributed by atoms with van der Waals surface area (Å²) in [7, 11) is -3.27. The summed E-state index contributed by atoms with van der Waals surface area (Å²) in [6.45, 7) is 8.76. The lowest BCUT2D eigenvalue weighted by Crippen LogP contribution is -2.55. The summed E-state index contributed by atoms with van der Waals surface area (Å²) < 4.78 is 38.8. The van der Waals surface area contributed by atoms with Crippen LogP contribution in [0.15, 0.2) is 0 Å². The smallest absolute Gasteiger partial charge is 0.211 e. The zero-order chi connectivity index (χ0) is 25.3. The Hall–Kier alpha value is -0.210. The predicted octanol–water partition coefficient (Wildman–Crippen LogP) is 4.21. The largest absolute Gasteiger partial charge is 0.393 e. The van der Waals surface area contributed by atoms with Gasteiger partial charge in [-0.2, -0.15) is 4.31 Å². The first kappa shape index (κ1) is 24.8. The molecule has 2 spiro atoms. The normalized spacial score (nSPS) is 53.4. The summed E-state index contributed by atoms with van der Waals surface area (Å²) in [5, 5.41) is 10.9. The molecule has 0 aromatic heterocycles. The van der Waals surface area contributed by atoms with E-state index in [4.69, 9.17) is 9.47 Å². The molecule has 2 saturated heterocycles. The van der Waals surface area contributed by atoms with Crippen LogP contribution in [0.5, 0.6) is 0 Å². The van der Waals surface area contributed by atoms with E-state index in [0.717, 1.165) is 24.7 Å². The highest BCUT2D eigenvalue weighted by Gasteiger charge is 2.80. The number of sulfonamides is 1. The summed E-state index contributed by atoms with van der Waals surface area (Å²) in [4.78, 5) is 0. The van der Waals surface area contributed by atoms with E-state index in [0.29, 0.717) is 47.8 Å². The highest BCUT2D eigenvalue weighted by Crippen LogP contribution is 2.87. The molecule has 6 nitrogen and oxygen atoms in total. The Labute approximate surface area is 217 Å². The number of ether oxygens (including phenoxy) is 2. The molecular weight excluding hydrogens is 474 g/mol. The molecule has 0 bridgehead atoms. The molecule has 1 N–H and O–H groups in total. The van der Waals surface area contributed by atoms with E-state index in [1.807, 2.05) is 0 Å². The van der Waals surface area contributed by atoms with E-state index in [-0.39, 0.29) is 29.8 Å². The van der Waals surface area contributed by atoms with E-state index >= 15 is 0 Å². The van der Waals surface area contributed by atoms with Gasteiger partial charge in [-0.05, 0) is 110 Å². The van der Waals surface area contributed by atoms with Gasteiger partial charge >= 0.3 is 0 Å². The van der Waals surface area contributed by atoms with Gasteiger partial charge in [0.1, 0.15) is 0 Å². The second-order valence-corrected chi connectivity index (χ2v) is 16.9. The van der Waals surface area contributed by atoms with E-state index in [1.165, 1.54) is 57.6 Å². The summed E-state index contributed by atoms with van der Waals surface area (Å²) in [6, 6.07) is -0.0237. The number of hydrogen-bond donors (Lipinski definition) is 1. The average Bonchev–Trinajstić information content (AvgIpc) is 3.35. The number of nitrogens with zero attached hydrogens (tertiary/aromatic N) is 1. The average molecular weight is 522 g/mol. The van der Waals surface area contributed by atoms with Crippen LogP contribution in [0.1, 0.15) is 85.0 Å². The Bertz CT molecular complexity index is 1030. The van der Waals surface area contributed by atoms with Crippen molar-refractivity contribution in [1.29, 1.82) is 0 Å². The molecule has 7 aliphatic rings. The number of aliphatic hydroxyl groups excluding tert-OH is 1. The van der Waals surface area contributed by atoms with Crippen molar-refractivity contribution in [3.05, 3.63) is 0 Å². The van der Waals surface area contributed by atoms with Gasteiger partial charge in [-0.1, -0.05) is 20.8 Å². The number of fused-ring (bicyclic) bond motifs is 4. The fourth-order valence-corrected chi connectivity index (χ4v) is 12.7. The molecule has 36 heavy (non-hydrogen) atoms. The zero-order valence-corrected chi connectivity index (χ0v) is 23.6. The number of rotatable bonds is 4. The maximum atomic E-state index is 12.5. The van der Waals surface area contributed by atoms with Gasteiger partial charge in [0.05, 0.1) is 43.8 Å². The van der Waals surface area contributed by atoms with Gasteiger partial charge in [0.25, 0.3) is 0 Å². The van der Waals surface area contributed by atoms with Crippen molar-refractivity contribution in [2.75, 3.05) is 26.0 Å². The molecule has 0 radical (unpaired) electrons. The fourth-order valence-electron chi connectivity index (χ4n) is 11.6. The third-order valence-corrected chi connectivity index (χ3v) is 14.8. The monoisotopic (exact) mass is 521 g/mol. The molecule has 9 unspecified atom stereocenters. The van der Waals surface area contributed by atoms with E-state index in [9.17, 15) is 13.5 Å². The van der Waals surface area contributed by atoms with Crippen molar-refractivity contribution < 1.29 is 23.0 Å². The van der Waals surface area contributed by atoms with Crippen LogP contribution in [-0.2, 0) is 19.5 Å². The van der Waals surface area contributed by atoms with Crippen LogP contribution >= 0.6 is 0 Å². The second kappa shape index (κ2) is 7.71. The van der Waals surface area contributed by atoms with Gasteiger partial charge < -0.3 is 14.6 Å². The first-order valence-electron chi connectivity index (χ1n) is 14.8. The molecular formula is C29H47NO5S. The molecule has 5 aliphatic carbocycles. The maximum absolute atomic E-state index is 12.5. The predicted molar refractivity (Wildman–Crippen MR) is 138 cm³/mol. The molecule has 7 heteroatoms. The SMILES string of the molecule is CC12CCC34CC35CC[C@H](O)C(C)(C)C5CCC4C1CC1OC(CN(C3COC3)S(C)(=O)=O)CCC12. The summed E-state index contributed by atoms with van der Waals surface area (Å²) >= 11 is 0. The summed E-state index contributed by atoms with van der Waals surface area (Å²) in [5.74, 6) is 2.84. The fraction of sp³-hybridized carbons (Fsp3) is 1.00. The lowest BCUT2D eigenvalue weighted by atomic mass is 9.46. The van der Waals surface area contributed by atoms with Crippen LogP contribution in [-0.4, -0.2) is 68.2 Å². The number of hydrogen-bond acceptors (Lipinski definition) is 5. The van der Waals surface area contributed by atoms with Gasteiger partial charge in [0.15, 0.2) is 0 Å². The molecule has 204 valence electrons. The number of aliphatic hydroxyl groups is 1. The van der Waals surface area contributed by atoms with Crippen LogP contribution < -0.4 is 0 Å². The van der Waals surface area contributed by atoms with Gasteiger partial charge in [0, 0.05) is 6.54 Å². The first-order valence-corrected chi connectivity index (χ1v) is 16.7. The van der Waals surface area contributed by atoms with Crippen molar-refractivity contribution in [3.63, 3.8) is 0 Å². The minimum Gasteiger partial charge on any atom is -0.393 e. The Morgan fingerprint density at radius 1 is 0.917 bits per heavy atom. The Morgan fingerprint density at radius 2 is 1.67 bits per heavy atom. The van der Waals surface area contributed by atoms with E-state index < -0.39 is 10.0 Å². The molecule has 0 aromatic rings. The summed E-state index contributed by atoms with van der Waals surface area (Å²) in [6.07, 6.45) is 13.7. The lowest BCUT2D eigenvalue weighted by Gasteiger charge is -2.59. The zero-order valence-electron chi connectivity index (χ0n) is 22.7. The highest BCUT2D eigenvalue weighted by molar-refractivity contribution is 7.88. The van der Waals surface area contributed by atoms with Crippen molar-refractivity contribution in [2.45, 2.75) is 109 Å². The lowest BCUT2D eigenvalue weighted by molar-refractivity contribution is -0.136. The minimum absolute atomic E-state index is 0.00271. The van der Waals surface area contributed by atoms with Gasteiger partial charge in [-0.15, -0.1) is 0 Å². The second-order valence-electron chi connectivity index (χ2n) is 15.0. The summed E-state index contributed by atoms with van der Waals surface area (Å²) in [5.41, 5.74) is 1.41. The van der Waals surface area contributed by atoms with Crippen LogP contribution in [0.4, 0.5) is 0 Å². The van der Waals surface area contributed by atoms with Crippen LogP contribution in [0.2, 0.25) is 0 Å². The quantitative estimate of drug-likeness (QED) is 0.600. The van der Waals surface area contributed by atoms with Crippen LogP contribution in [0, 0.1) is 45.3 Å². The van der Waals surface area contributed by atoms with Crippen LogP contribution in [0.25, 0.3) is 0 Å². The van der Waals surface area contributed by atoms with E-state index in [2.05, 4.69) is 20.8 Å². The van der Waals surface area contributed by atoms with Crippen molar-refractivity contribution >= 4 is 10.0 Å². The van der Waals surface area contributed by atoms with E-state index in [1.54, 1.807) is 4.31 Å². The Morgan fingerprint density at radius 3 is 2.36 bits per heavy atom. The van der Waals surface area contributed by atoms with Crippen molar-refractivity contribution in [3.8, 4) is 0 Å². The van der Waals surface area contributed by atoms with Gasteiger partial charge in [-0.25, -0.2) is 8.42 Å². The molecule has 5 saturated carbocycles. The molecule has 2 heterocycles.